The number of esters is 6. The predicted molar refractivity (Wildman–Crippen MR) is 133 cm³/mol. The molecule has 0 unspecified atom stereocenters. The lowest BCUT2D eigenvalue weighted by Gasteiger charge is -2.20. The van der Waals surface area contributed by atoms with Crippen molar-refractivity contribution < 1.29 is 57.2 Å². The Balaban J connectivity index is 2.51. The van der Waals surface area contributed by atoms with Crippen molar-refractivity contribution in [2.45, 2.75) is 32.1 Å². The van der Waals surface area contributed by atoms with E-state index in [0.717, 1.165) is 34.0 Å². The molecule has 0 bridgehead atoms. The second kappa shape index (κ2) is 13.9. The average Bonchev–Trinajstić information content (AvgIpc) is 2.97. The van der Waals surface area contributed by atoms with Gasteiger partial charge in [-0.15, -0.1) is 0 Å². The van der Waals surface area contributed by atoms with E-state index in [4.69, 9.17) is 28.4 Å². The zero-order chi connectivity index (χ0) is 29.3. The molecule has 1 aliphatic carbocycles. The van der Waals surface area contributed by atoms with Gasteiger partial charge in [-0.3, -0.25) is 0 Å². The largest absolute Gasteiger partial charge is 0.466 e. The molecule has 12 nitrogen and oxygen atoms in total. The van der Waals surface area contributed by atoms with E-state index in [1.54, 1.807) is 6.08 Å². The molecule has 0 saturated carbocycles. The maximum absolute atomic E-state index is 12.8. The molecule has 0 saturated heterocycles. The Morgan fingerprint density at radius 2 is 1.08 bits per heavy atom. The molecule has 1 aromatic carbocycles. The molecule has 12 heteroatoms. The van der Waals surface area contributed by atoms with Crippen LogP contribution in [0.5, 0.6) is 0 Å². The Bertz CT molecular complexity index is 1250. The Morgan fingerprint density at radius 1 is 0.590 bits per heavy atom. The van der Waals surface area contributed by atoms with Crippen LogP contribution in [0.2, 0.25) is 0 Å². The van der Waals surface area contributed by atoms with Crippen molar-refractivity contribution in [3.05, 3.63) is 56.7 Å². The van der Waals surface area contributed by atoms with Crippen molar-refractivity contribution in [3.8, 4) is 0 Å². The number of aryl methyl sites for hydroxylation is 1. The number of benzene rings is 1. The monoisotopic (exact) mass is 546 g/mol. The van der Waals surface area contributed by atoms with E-state index < -0.39 is 46.9 Å². The maximum Gasteiger partial charge on any atom is 0.339 e. The Morgan fingerprint density at radius 3 is 1.62 bits per heavy atom. The van der Waals surface area contributed by atoms with Crippen LogP contribution in [0.3, 0.4) is 0 Å². The highest BCUT2D eigenvalue weighted by Gasteiger charge is 2.34. The van der Waals surface area contributed by atoms with Crippen molar-refractivity contribution in [2.75, 3.05) is 42.7 Å². The summed E-state index contributed by atoms with van der Waals surface area (Å²) in [6.45, 7) is 0. The molecule has 0 spiro atoms. The molecule has 1 aliphatic rings. The van der Waals surface area contributed by atoms with Crippen molar-refractivity contribution in [3.63, 3.8) is 0 Å². The summed E-state index contributed by atoms with van der Waals surface area (Å²) < 4.78 is 28.8. The summed E-state index contributed by atoms with van der Waals surface area (Å²) in [7, 11) is 6.74. The molecule has 0 N–H and O–H groups in total. The van der Waals surface area contributed by atoms with Crippen molar-refractivity contribution in [1.82, 2.24) is 0 Å². The second-order valence-electron chi connectivity index (χ2n) is 8.21. The van der Waals surface area contributed by atoms with Gasteiger partial charge in [0.1, 0.15) is 0 Å². The molecule has 0 aromatic heterocycles. The number of carbonyl (C=O) groups excluding carboxylic acids is 6. The van der Waals surface area contributed by atoms with Gasteiger partial charge in [0.2, 0.25) is 0 Å². The summed E-state index contributed by atoms with van der Waals surface area (Å²) >= 11 is 0. The number of ether oxygens (including phenoxy) is 6. The lowest BCUT2D eigenvalue weighted by molar-refractivity contribution is -0.139. The van der Waals surface area contributed by atoms with Crippen LogP contribution in [0, 0.1) is 0 Å². The van der Waals surface area contributed by atoms with Gasteiger partial charge >= 0.3 is 35.8 Å². The first-order chi connectivity index (χ1) is 18.6. The first kappa shape index (κ1) is 30.7. The fourth-order valence-corrected chi connectivity index (χ4v) is 4.28. The lowest BCUT2D eigenvalue weighted by atomic mass is 9.86. The molecule has 2 rings (SSSR count). The normalized spacial score (nSPS) is 12.6. The predicted octanol–water partition coefficient (Wildman–Crippen LogP) is 2.52. The Kier molecular flexibility index (Phi) is 10.9. The van der Waals surface area contributed by atoms with Crippen LogP contribution >= 0.6 is 0 Å². The summed E-state index contributed by atoms with van der Waals surface area (Å²) in [5, 5.41) is 0. The van der Waals surface area contributed by atoms with Gasteiger partial charge in [0.25, 0.3) is 0 Å². The Hall–Kier alpha value is -4.48. The van der Waals surface area contributed by atoms with Crippen molar-refractivity contribution in [1.29, 1.82) is 0 Å². The number of methoxy groups -OCH3 is 6. The number of rotatable bonds is 10. The molecule has 0 radical (unpaired) electrons. The van der Waals surface area contributed by atoms with Crippen LogP contribution in [-0.2, 0) is 44.4 Å². The van der Waals surface area contributed by atoms with Crippen LogP contribution < -0.4 is 0 Å². The molecule has 0 fully saturated rings. The van der Waals surface area contributed by atoms with Gasteiger partial charge in [0.05, 0.1) is 76.1 Å². The molecule has 1 aromatic rings. The summed E-state index contributed by atoms with van der Waals surface area (Å²) in [5.74, 6) is -5.23. The maximum atomic E-state index is 12.8. The van der Waals surface area contributed by atoms with E-state index >= 15 is 0 Å². The standard InChI is InChI=1S/C27H30O12/c1-34-22(28)16-11-10-14(12-17(16)23(29)35-2)8-7-9-15-13-18(24(30)36-3)20(26(32)38-5)21(27(33)39-6)19(15)25(31)37-4/h10,13H,7-9,11-12H2,1-6H3. The SMILES string of the molecule is COC(=O)C1=C(C(=O)OC)CC(CCCc2cc(C(=O)OC)c(C(=O)OC)c(C(=O)OC)c2C(=O)OC)=CC1. The third kappa shape index (κ3) is 6.70. The third-order valence-corrected chi connectivity index (χ3v) is 6.15. The topological polar surface area (TPSA) is 158 Å². The van der Waals surface area contributed by atoms with Crippen LogP contribution in [0.1, 0.15) is 72.7 Å². The van der Waals surface area contributed by atoms with Crippen LogP contribution in [0.15, 0.2) is 28.9 Å². The van der Waals surface area contributed by atoms with E-state index in [9.17, 15) is 28.8 Å². The van der Waals surface area contributed by atoms with Gasteiger partial charge in [-0.05, 0) is 37.3 Å². The molecule has 0 aliphatic heterocycles. The van der Waals surface area contributed by atoms with Crippen molar-refractivity contribution >= 4 is 35.8 Å². The molecule has 0 atom stereocenters. The third-order valence-electron chi connectivity index (χ3n) is 6.15. The highest BCUT2D eigenvalue weighted by Crippen LogP contribution is 2.32. The lowest BCUT2D eigenvalue weighted by Crippen LogP contribution is -2.24. The minimum absolute atomic E-state index is 0.151. The van der Waals surface area contributed by atoms with Gasteiger partial charge < -0.3 is 28.4 Å². The number of allylic oxidation sites excluding steroid dienone is 2. The number of hydrogen-bond acceptors (Lipinski definition) is 12. The van der Waals surface area contributed by atoms with E-state index in [-0.39, 0.29) is 47.1 Å². The quantitative estimate of drug-likeness (QED) is 0.240. The van der Waals surface area contributed by atoms with Gasteiger partial charge in [0, 0.05) is 6.42 Å². The molecule has 210 valence electrons. The van der Waals surface area contributed by atoms with E-state index in [1.165, 1.54) is 20.3 Å². The second-order valence-corrected chi connectivity index (χ2v) is 8.21. The van der Waals surface area contributed by atoms with Crippen LogP contribution in [0.4, 0.5) is 0 Å². The molecule has 0 heterocycles. The van der Waals surface area contributed by atoms with Crippen LogP contribution in [0.25, 0.3) is 0 Å². The molecular weight excluding hydrogens is 516 g/mol. The minimum atomic E-state index is -1.05. The van der Waals surface area contributed by atoms with Crippen molar-refractivity contribution in [2.24, 2.45) is 0 Å². The summed E-state index contributed by atoms with van der Waals surface area (Å²) in [6.07, 6.45) is 3.10. The van der Waals surface area contributed by atoms with Gasteiger partial charge in [0.15, 0.2) is 0 Å². The molecular formula is C27H30O12. The highest BCUT2D eigenvalue weighted by molar-refractivity contribution is 6.15. The summed E-state index contributed by atoms with van der Waals surface area (Å²) in [4.78, 5) is 75.2. The number of carbonyl (C=O) groups is 6. The smallest absolute Gasteiger partial charge is 0.339 e. The average molecular weight is 547 g/mol. The first-order valence-corrected chi connectivity index (χ1v) is 11.7. The first-order valence-electron chi connectivity index (χ1n) is 11.7. The van der Waals surface area contributed by atoms with Gasteiger partial charge in [-0.2, -0.15) is 0 Å². The minimum Gasteiger partial charge on any atom is -0.466 e. The summed E-state index contributed by atoms with van der Waals surface area (Å²) in [6, 6.07) is 1.28. The summed E-state index contributed by atoms with van der Waals surface area (Å²) in [5.41, 5.74) is -0.0458. The van der Waals surface area contributed by atoms with Gasteiger partial charge in [-0.25, -0.2) is 28.8 Å². The number of hydrogen-bond donors (Lipinski definition) is 0. The zero-order valence-electron chi connectivity index (χ0n) is 22.6. The molecule has 0 amide bonds. The fourth-order valence-electron chi connectivity index (χ4n) is 4.28. The fraction of sp³-hybridized carbons (Fsp3) is 0.407. The van der Waals surface area contributed by atoms with E-state index in [2.05, 4.69) is 0 Å². The van der Waals surface area contributed by atoms with E-state index in [0.29, 0.717) is 12.8 Å². The zero-order valence-corrected chi connectivity index (χ0v) is 22.6. The molecule has 39 heavy (non-hydrogen) atoms. The Labute approximate surface area is 224 Å². The highest BCUT2D eigenvalue weighted by atomic mass is 16.5. The van der Waals surface area contributed by atoms with E-state index in [1.807, 2.05) is 0 Å². The van der Waals surface area contributed by atoms with Gasteiger partial charge in [-0.1, -0.05) is 11.6 Å². The van der Waals surface area contributed by atoms with Crippen LogP contribution in [-0.4, -0.2) is 78.5 Å².